The van der Waals surface area contributed by atoms with Crippen LogP contribution in [0.4, 0.5) is 11.4 Å². The Kier molecular flexibility index (Phi) is 4.81. The van der Waals surface area contributed by atoms with E-state index in [2.05, 4.69) is 10.0 Å². The Morgan fingerprint density at radius 1 is 1.33 bits per heavy atom. The third kappa shape index (κ3) is 5.00. The summed E-state index contributed by atoms with van der Waals surface area (Å²) in [6.45, 7) is 0.818. The van der Waals surface area contributed by atoms with E-state index in [1.165, 1.54) is 0 Å². The van der Waals surface area contributed by atoms with Gasteiger partial charge in [-0.05, 0) is 24.6 Å². The number of carbonyl (C=O) groups excluding carboxylic acids is 1. The van der Waals surface area contributed by atoms with Crippen molar-refractivity contribution < 1.29 is 17.9 Å². The van der Waals surface area contributed by atoms with Gasteiger partial charge >= 0.3 is 0 Å². The molecule has 1 heterocycles. The number of hydrogen-bond donors (Lipinski definition) is 3. The second-order valence-electron chi connectivity index (χ2n) is 5.17. The van der Waals surface area contributed by atoms with Crippen molar-refractivity contribution in [1.29, 1.82) is 0 Å². The standard InChI is InChI=1S/C13H19N3O4S/c1-21(18,19)16-12-4-2-3-11(6-12)15-13(17)9-5-10(14)8-20-7-9/h2-4,6,9-10,16H,5,7-8,14H2,1H3,(H,15,17)/t9-,10+/m0/s1. The van der Waals surface area contributed by atoms with Gasteiger partial charge in [0, 0.05) is 11.7 Å². The van der Waals surface area contributed by atoms with E-state index in [1.807, 2.05) is 0 Å². The molecule has 1 amide bonds. The quantitative estimate of drug-likeness (QED) is 0.743. The van der Waals surface area contributed by atoms with Crippen LogP contribution in [0.3, 0.4) is 0 Å². The Morgan fingerprint density at radius 3 is 2.71 bits per heavy atom. The molecule has 1 aromatic rings. The fraction of sp³-hybridized carbons (Fsp3) is 0.462. The molecule has 0 unspecified atom stereocenters. The lowest BCUT2D eigenvalue weighted by Gasteiger charge is -2.26. The van der Waals surface area contributed by atoms with Crippen molar-refractivity contribution in [2.24, 2.45) is 11.7 Å². The molecule has 0 radical (unpaired) electrons. The monoisotopic (exact) mass is 313 g/mol. The Hall–Kier alpha value is -1.64. The van der Waals surface area contributed by atoms with Crippen molar-refractivity contribution in [1.82, 2.24) is 0 Å². The highest BCUT2D eigenvalue weighted by Crippen LogP contribution is 2.19. The number of nitrogens with one attached hydrogen (secondary N) is 2. The number of hydrogen-bond acceptors (Lipinski definition) is 5. The molecule has 7 nitrogen and oxygen atoms in total. The lowest BCUT2D eigenvalue weighted by atomic mass is 9.98. The highest BCUT2D eigenvalue weighted by molar-refractivity contribution is 7.92. The second-order valence-corrected chi connectivity index (χ2v) is 6.92. The molecule has 4 N–H and O–H groups in total. The van der Waals surface area contributed by atoms with E-state index in [0.717, 1.165) is 6.26 Å². The van der Waals surface area contributed by atoms with Crippen LogP contribution in [0.25, 0.3) is 0 Å². The smallest absolute Gasteiger partial charge is 0.229 e. The Morgan fingerprint density at radius 2 is 2.05 bits per heavy atom. The molecule has 0 saturated carbocycles. The third-order valence-electron chi connectivity index (χ3n) is 3.04. The number of amides is 1. The van der Waals surface area contributed by atoms with E-state index in [9.17, 15) is 13.2 Å². The Bertz CT molecular complexity index is 618. The van der Waals surface area contributed by atoms with Crippen molar-refractivity contribution in [2.45, 2.75) is 12.5 Å². The number of carbonyl (C=O) groups is 1. The summed E-state index contributed by atoms with van der Waals surface area (Å²) < 4.78 is 30.0. The van der Waals surface area contributed by atoms with E-state index in [1.54, 1.807) is 24.3 Å². The predicted molar refractivity (Wildman–Crippen MR) is 80.4 cm³/mol. The number of rotatable bonds is 4. The average molecular weight is 313 g/mol. The molecule has 1 aromatic carbocycles. The lowest BCUT2D eigenvalue weighted by molar-refractivity contribution is -0.124. The van der Waals surface area contributed by atoms with Crippen LogP contribution < -0.4 is 15.8 Å². The minimum absolute atomic E-state index is 0.132. The minimum Gasteiger partial charge on any atom is -0.379 e. The molecule has 1 saturated heterocycles. The van der Waals surface area contributed by atoms with Gasteiger partial charge < -0.3 is 15.8 Å². The molecule has 0 spiro atoms. The Labute approximate surface area is 123 Å². The topological polar surface area (TPSA) is 111 Å². The fourth-order valence-corrected chi connectivity index (χ4v) is 2.72. The van der Waals surface area contributed by atoms with Crippen LogP contribution in [0.15, 0.2) is 24.3 Å². The van der Waals surface area contributed by atoms with Gasteiger partial charge in [-0.1, -0.05) is 6.07 Å². The van der Waals surface area contributed by atoms with Crippen molar-refractivity contribution in [3.63, 3.8) is 0 Å². The maximum absolute atomic E-state index is 12.1. The molecular weight excluding hydrogens is 294 g/mol. The largest absolute Gasteiger partial charge is 0.379 e. The summed E-state index contributed by atoms with van der Waals surface area (Å²) in [4.78, 5) is 12.1. The van der Waals surface area contributed by atoms with Gasteiger partial charge in [0.25, 0.3) is 0 Å². The number of benzene rings is 1. The van der Waals surface area contributed by atoms with Crippen LogP contribution in [-0.4, -0.2) is 39.8 Å². The normalized spacial score (nSPS) is 22.6. The summed E-state index contributed by atoms with van der Waals surface area (Å²) in [5.74, 6) is -0.470. The molecule has 1 aliphatic rings. The molecule has 1 fully saturated rings. The van der Waals surface area contributed by atoms with Crippen LogP contribution >= 0.6 is 0 Å². The van der Waals surface area contributed by atoms with Crippen molar-refractivity contribution in [2.75, 3.05) is 29.5 Å². The minimum atomic E-state index is -3.35. The number of nitrogens with two attached hydrogens (primary N) is 1. The molecule has 1 aliphatic heterocycles. The van der Waals surface area contributed by atoms with Crippen molar-refractivity contribution in [3.8, 4) is 0 Å². The van der Waals surface area contributed by atoms with E-state index in [-0.39, 0.29) is 17.9 Å². The average Bonchev–Trinajstić information content (AvgIpc) is 2.37. The molecule has 0 aromatic heterocycles. The van der Waals surface area contributed by atoms with Gasteiger partial charge in [0.15, 0.2) is 0 Å². The molecule has 2 atom stereocenters. The number of sulfonamides is 1. The first-order valence-electron chi connectivity index (χ1n) is 6.55. The van der Waals surface area contributed by atoms with Crippen LogP contribution in [-0.2, 0) is 19.6 Å². The molecule has 2 rings (SSSR count). The second kappa shape index (κ2) is 6.42. The summed E-state index contributed by atoms with van der Waals surface area (Å²) >= 11 is 0. The molecule has 8 heteroatoms. The SMILES string of the molecule is CS(=O)(=O)Nc1cccc(NC(=O)[C@@H]2COC[C@H](N)C2)c1. The zero-order chi connectivity index (χ0) is 15.5. The van der Waals surface area contributed by atoms with Gasteiger partial charge in [-0.15, -0.1) is 0 Å². The van der Waals surface area contributed by atoms with Gasteiger partial charge in [-0.2, -0.15) is 0 Å². The molecule has 0 aliphatic carbocycles. The third-order valence-corrected chi connectivity index (χ3v) is 3.65. The first kappa shape index (κ1) is 15.7. The van der Waals surface area contributed by atoms with E-state index >= 15 is 0 Å². The fourth-order valence-electron chi connectivity index (χ4n) is 2.16. The lowest BCUT2D eigenvalue weighted by Crippen LogP contribution is -2.40. The van der Waals surface area contributed by atoms with Gasteiger partial charge in [0.05, 0.1) is 31.1 Å². The summed E-state index contributed by atoms with van der Waals surface area (Å²) in [7, 11) is -3.35. The highest BCUT2D eigenvalue weighted by atomic mass is 32.2. The van der Waals surface area contributed by atoms with Crippen molar-refractivity contribution >= 4 is 27.3 Å². The zero-order valence-electron chi connectivity index (χ0n) is 11.7. The maximum Gasteiger partial charge on any atom is 0.229 e. The molecule has 21 heavy (non-hydrogen) atoms. The highest BCUT2D eigenvalue weighted by Gasteiger charge is 2.26. The molecule has 116 valence electrons. The summed E-state index contributed by atoms with van der Waals surface area (Å²) in [6, 6.07) is 6.38. The van der Waals surface area contributed by atoms with E-state index in [4.69, 9.17) is 10.5 Å². The van der Waals surface area contributed by atoms with Crippen LogP contribution in [0.1, 0.15) is 6.42 Å². The number of anilines is 2. The first-order chi connectivity index (χ1) is 9.83. The predicted octanol–water partition coefficient (Wildman–Crippen LogP) is 0.360. The summed E-state index contributed by atoms with van der Waals surface area (Å²) in [5, 5.41) is 2.75. The van der Waals surface area contributed by atoms with Crippen LogP contribution in [0, 0.1) is 5.92 Å². The Balaban J connectivity index is 2.02. The summed E-state index contributed by atoms with van der Waals surface area (Å²) in [5.41, 5.74) is 6.68. The van der Waals surface area contributed by atoms with Gasteiger partial charge in [0.1, 0.15) is 0 Å². The van der Waals surface area contributed by atoms with Gasteiger partial charge in [-0.25, -0.2) is 8.42 Å². The van der Waals surface area contributed by atoms with Crippen molar-refractivity contribution in [3.05, 3.63) is 24.3 Å². The van der Waals surface area contributed by atoms with Gasteiger partial charge in [-0.3, -0.25) is 9.52 Å². The van der Waals surface area contributed by atoms with E-state index in [0.29, 0.717) is 31.0 Å². The molecular formula is C13H19N3O4S. The van der Waals surface area contributed by atoms with Crippen LogP contribution in [0.5, 0.6) is 0 Å². The summed E-state index contributed by atoms with van der Waals surface area (Å²) in [6.07, 6.45) is 1.64. The van der Waals surface area contributed by atoms with Crippen LogP contribution in [0.2, 0.25) is 0 Å². The molecule has 0 bridgehead atoms. The maximum atomic E-state index is 12.1. The van der Waals surface area contributed by atoms with Gasteiger partial charge in [0.2, 0.25) is 15.9 Å². The van der Waals surface area contributed by atoms with E-state index < -0.39 is 10.0 Å². The first-order valence-corrected chi connectivity index (χ1v) is 8.44. The zero-order valence-corrected chi connectivity index (χ0v) is 12.5. The number of ether oxygens (including phenoxy) is 1.